The first kappa shape index (κ1) is 25.8. The number of halogens is 2. The van der Waals surface area contributed by atoms with Crippen LogP contribution in [0.2, 0.25) is 10.0 Å². The number of amides is 1. The van der Waals surface area contributed by atoms with Gasteiger partial charge in [-0.15, -0.1) is 21.5 Å². The molecular formula is C23H24Cl2N4O4S2. The Morgan fingerprint density at radius 1 is 1.29 bits per heavy atom. The zero-order valence-corrected chi connectivity index (χ0v) is 22.5. The van der Waals surface area contributed by atoms with Crippen LogP contribution in [0, 0.1) is 0 Å². The predicted molar refractivity (Wildman–Crippen MR) is 138 cm³/mol. The van der Waals surface area contributed by atoms with E-state index in [0.29, 0.717) is 43.9 Å². The summed E-state index contributed by atoms with van der Waals surface area (Å²) in [5, 5.41) is 13.5. The highest BCUT2D eigenvalue weighted by Crippen LogP contribution is 2.39. The molecule has 1 aliphatic rings. The number of methoxy groups -OCH3 is 1. The Morgan fingerprint density at radius 3 is 2.83 bits per heavy atom. The van der Waals surface area contributed by atoms with Crippen LogP contribution in [0.3, 0.4) is 0 Å². The number of nitrogens with one attached hydrogen (secondary N) is 1. The van der Waals surface area contributed by atoms with Gasteiger partial charge >= 0.3 is 5.97 Å². The van der Waals surface area contributed by atoms with Crippen molar-refractivity contribution in [2.75, 3.05) is 18.2 Å². The molecule has 8 nitrogen and oxygen atoms in total. The van der Waals surface area contributed by atoms with Crippen molar-refractivity contribution in [3.63, 3.8) is 0 Å². The Bertz CT molecular complexity index is 1260. The van der Waals surface area contributed by atoms with E-state index in [2.05, 4.69) is 15.5 Å². The fraction of sp³-hybridized carbons (Fsp3) is 0.391. The maximum atomic E-state index is 12.7. The molecule has 1 aliphatic carbocycles. The van der Waals surface area contributed by atoms with Gasteiger partial charge in [-0.3, -0.25) is 4.79 Å². The molecule has 3 aromatic rings. The summed E-state index contributed by atoms with van der Waals surface area (Å²) in [4.78, 5) is 26.2. The molecule has 12 heteroatoms. The monoisotopic (exact) mass is 554 g/mol. The van der Waals surface area contributed by atoms with Gasteiger partial charge in [-0.2, -0.15) is 0 Å². The summed E-state index contributed by atoms with van der Waals surface area (Å²) in [6.45, 7) is 4.40. The van der Waals surface area contributed by atoms with Crippen molar-refractivity contribution < 1.29 is 19.1 Å². The lowest BCUT2D eigenvalue weighted by Crippen LogP contribution is -2.17. The highest BCUT2D eigenvalue weighted by molar-refractivity contribution is 7.99. The van der Waals surface area contributed by atoms with Gasteiger partial charge in [0.05, 0.1) is 23.4 Å². The fourth-order valence-electron chi connectivity index (χ4n) is 3.92. The molecule has 35 heavy (non-hydrogen) atoms. The van der Waals surface area contributed by atoms with E-state index in [1.54, 1.807) is 18.2 Å². The second-order valence-corrected chi connectivity index (χ2v) is 10.7. The molecule has 1 atom stereocenters. The van der Waals surface area contributed by atoms with Gasteiger partial charge in [-0.05, 0) is 50.8 Å². The van der Waals surface area contributed by atoms with E-state index >= 15 is 0 Å². The Balaban J connectivity index is 1.43. The zero-order chi connectivity index (χ0) is 25.1. The van der Waals surface area contributed by atoms with Crippen LogP contribution in [0.1, 0.15) is 53.0 Å². The molecule has 0 radical (unpaired) electrons. The SMILES string of the molecule is CCn1c(SCC(=O)Nc2sc3c(c2C(=O)OC)CCC3)nnc1C(C)Oc1cc(Cl)ccc1Cl. The second-order valence-electron chi connectivity index (χ2n) is 7.81. The van der Waals surface area contributed by atoms with Crippen LogP contribution >= 0.6 is 46.3 Å². The Morgan fingerprint density at radius 2 is 2.09 bits per heavy atom. The highest BCUT2D eigenvalue weighted by atomic mass is 35.5. The number of aryl methyl sites for hydroxylation is 1. The molecule has 0 saturated heterocycles. The van der Waals surface area contributed by atoms with Gasteiger partial charge in [0.2, 0.25) is 5.91 Å². The van der Waals surface area contributed by atoms with Gasteiger partial charge in [-0.1, -0.05) is 35.0 Å². The highest BCUT2D eigenvalue weighted by Gasteiger charge is 2.28. The summed E-state index contributed by atoms with van der Waals surface area (Å²) in [6, 6.07) is 5.01. The maximum absolute atomic E-state index is 12.7. The van der Waals surface area contributed by atoms with Crippen molar-refractivity contribution in [2.45, 2.75) is 50.9 Å². The molecule has 2 heterocycles. The summed E-state index contributed by atoms with van der Waals surface area (Å²) in [6.07, 6.45) is 2.30. The number of carbonyl (C=O) groups excluding carboxylic acids is 2. The molecule has 1 N–H and O–H groups in total. The standard InChI is InChI=1S/C23H24Cl2N4O4S2/c1-4-29-20(12(2)33-16-10-13(24)8-9-15(16)25)27-28-23(29)34-11-18(30)26-21-19(22(31)32-3)14-6-5-7-17(14)35-21/h8-10,12H,4-7,11H2,1-3H3,(H,26,30). The van der Waals surface area contributed by atoms with Crippen LogP contribution in [-0.2, 0) is 28.9 Å². The van der Waals surface area contributed by atoms with Crippen molar-refractivity contribution >= 4 is 63.2 Å². The number of anilines is 1. The number of hydrogen-bond acceptors (Lipinski definition) is 8. The van der Waals surface area contributed by atoms with Gasteiger partial charge in [-0.25, -0.2) is 4.79 Å². The Labute approximate surface area is 221 Å². The quantitative estimate of drug-likeness (QED) is 0.263. The molecule has 0 spiro atoms. The van der Waals surface area contributed by atoms with Crippen molar-refractivity contribution in [2.24, 2.45) is 0 Å². The normalized spacial score (nSPS) is 13.4. The summed E-state index contributed by atoms with van der Waals surface area (Å²) >= 11 is 15.0. The average Bonchev–Trinajstić information content (AvgIpc) is 3.53. The summed E-state index contributed by atoms with van der Waals surface area (Å²) in [5.41, 5.74) is 1.47. The largest absolute Gasteiger partial charge is 0.481 e. The Kier molecular flexibility index (Phi) is 8.26. The third kappa shape index (κ3) is 5.61. The first-order chi connectivity index (χ1) is 16.8. The number of thioether (sulfide) groups is 1. The van der Waals surface area contributed by atoms with E-state index in [0.717, 1.165) is 29.7 Å². The number of rotatable bonds is 9. The van der Waals surface area contributed by atoms with Crippen molar-refractivity contribution in [1.29, 1.82) is 0 Å². The number of ether oxygens (including phenoxy) is 2. The maximum Gasteiger partial charge on any atom is 0.341 e. The van der Waals surface area contributed by atoms with Crippen molar-refractivity contribution in [3.05, 3.63) is 50.1 Å². The third-order valence-electron chi connectivity index (χ3n) is 5.52. The molecule has 0 aliphatic heterocycles. The van der Waals surface area contributed by atoms with Crippen LogP contribution in [0.5, 0.6) is 5.75 Å². The van der Waals surface area contributed by atoms with Gasteiger partial charge in [0.1, 0.15) is 10.8 Å². The lowest BCUT2D eigenvalue weighted by Gasteiger charge is -2.16. The summed E-state index contributed by atoms with van der Waals surface area (Å²) in [7, 11) is 1.35. The predicted octanol–water partition coefficient (Wildman–Crippen LogP) is 5.81. The average molecular weight is 556 g/mol. The number of aromatic nitrogens is 3. The van der Waals surface area contributed by atoms with Gasteiger partial charge in [0.15, 0.2) is 17.1 Å². The lowest BCUT2D eigenvalue weighted by atomic mass is 10.1. The molecule has 4 rings (SSSR count). The smallest absolute Gasteiger partial charge is 0.341 e. The topological polar surface area (TPSA) is 95.3 Å². The van der Waals surface area contributed by atoms with Crippen LogP contribution in [0.25, 0.3) is 0 Å². The first-order valence-corrected chi connectivity index (χ1v) is 13.6. The number of nitrogens with zero attached hydrogens (tertiary/aromatic N) is 3. The van der Waals surface area contributed by atoms with E-state index in [-0.39, 0.29) is 11.7 Å². The summed E-state index contributed by atoms with van der Waals surface area (Å²) < 4.78 is 12.8. The van der Waals surface area contributed by atoms with Crippen LogP contribution in [-0.4, -0.2) is 39.5 Å². The van der Waals surface area contributed by atoms with Gasteiger partial charge in [0.25, 0.3) is 0 Å². The van der Waals surface area contributed by atoms with Crippen molar-refractivity contribution in [1.82, 2.24) is 14.8 Å². The Hall–Kier alpha value is -2.27. The molecule has 0 bridgehead atoms. The molecule has 186 valence electrons. The van der Waals surface area contributed by atoms with Crippen LogP contribution in [0.4, 0.5) is 5.00 Å². The number of benzene rings is 1. The molecule has 1 aromatic carbocycles. The second kappa shape index (κ2) is 11.2. The van der Waals surface area contributed by atoms with Crippen LogP contribution in [0.15, 0.2) is 23.4 Å². The molecule has 0 saturated carbocycles. The number of thiophene rings is 1. The molecule has 1 unspecified atom stereocenters. The minimum absolute atomic E-state index is 0.108. The van der Waals surface area contributed by atoms with E-state index in [1.807, 2.05) is 18.4 Å². The van der Waals surface area contributed by atoms with E-state index in [1.165, 1.54) is 30.2 Å². The van der Waals surface area contributed by atoms with Gasteiger partial charge < -0.3 is 19.4 Å². The number of hydrogen-bond donors (Lipinski definition) is 1. The fourth-order valence-corrected chi connectivity index (χ4v) is 6.35. The molecule has 1 amide bonds. The third-order valence-corrected chi connectivity index (χ3v) is 8.24. The van der Waals surface area contributed by atoms with Gasteiger partial charge in [0, 0.05) is 22.5 Å². The van der Waals surface area contributed by atoms with Crippen molar-refractivity contribution in [3.8, 4) is 5.75 Å². The number of esters is 1. The zero-order valence-electron chi connectivity index (χ0n) is 19.4. The summed E-state index contributed by atoms with van der Waals surface area (Å²) in [5.74, 6) is 0.513. The minimum Gasteiger partial charge on any atom is -0.481 e. The first-order valence-electron chi connectivity index (χ1n) is 11.0. The molecule has 0 fully saturated rings. The number of carbonyl (C=O) groups is 2. The molecule has 2 aromatic heterocycles. The lowest BCUT2D eigenvalue weighted by molar-refractivity contribution is -0.113. The van der Waals surface area contributed by atoms with E-state index < -0.39 is 12.1 Å². The van der Waals surface area contributed by atoms with E-state index in [9.17, 15) is 9.59 Å². The minimum atomic E-state index is -0.447. The van der Waals surface area contributed by atoms with Crippen LogP contribution < -0.4 is 10.1 Å². The molecular weight excluding hydrogens is 531 g/mol. The van der Waals surface area contributed by atoms with E-state index in [4.69, 9.17) is 32.7 Å². The number of fused-ring (bicyclic) bond motifs is 1.